The molecule has 5 nitrogen and oxygen atoms in total. The van der Waals surface area contributed by atoms with Crippen LogP contribution in [0.25, 0.3) is 10.9 Å². The first kappa shape index (κ1) is 16.8. The van der Waals surface area contributed by atoms with Crippen molar-refractivity contribution in [1.82, 2.24) is 4.98 Å². The maximum absolute atomic E-state index is 12.3. The molecule has 1 heterocycles. The fourth-order valence-electron chi connectivity index (χ4n) is 2.63. The minimum atomic E-state index is -0.226. The van der Waals surface area contributed by atoms with Crippen LogP contribution in [0.15, 0.2) is 48.7 Å². The fraction of sp³-hybridized carbons (Fsp3) is 0.200. The first-order chi connectivity index (χ1) is 12.1. The molecule has 25 heavy (non-hydrogen) atoms. The Bertz CT molecular complexity index is 922. The molecule has 0 radical (unpaired) electrons. The molecule has 1 aromatic heterocycles. The zero-order valence-corrected chi connectivity index (χ0v) is 14.5. The van der Waals surface area contributed by atoms with Crippen molar-refractivity contribution in [1.29, 1.82) is 0 Å². The normalized spacial score (nSPS) is 10.5. The summed E-state index contributed by atoms with van der Waals surface area (Å²) >= 11 is 0. The lowest BCUT2D eigenvalue weighted by atomic mass is 10.1. The lowest BCUT2D eigenvalue weighted by molar-refractivity contribution is -0.118. The number of nitrogens with one attached hydrogen (secondary N) is 1. The molecular formula is C20H20N2O3. The van der Waals surface area contributed by atoms with Crippen molar-refractivity contribution in [2.75, 3.05) is 19.0 Å². The summed E-state index contributed by atoms with van der Waals surface area (Å²) in [7, 11) is 1.60. The van der Waals surface area contributed by atoms with Gasteiger partial charge in [-0.15, -0.1) is 0 Å². The van der Waals surface area contributed by atoms with Gasteiger partial charge in [0.1, 0.15) is 17.0 Å². The number of aryl methyl sites for hydroxylation is 1. The van der Waals surface area contributed by atoms with Crippen LogP contribution in [0.3, 0.4) is 0 Å². The Morgan fingerprint density at radius 2 is 1.92 bits per heavy atom. The van der Waals surface area contributed by atoms with Crippen LogP contribution in [-0.4, -0.2) is 24.6 Å². The van der Waals surface area contributed by atoms with Crippen molar-refractivity contribution in [3.05, 3.63) is 59.8 Å². The van der Waals surface area contributed by atoms with Gasteiger partial charge in [-0.2, -0.15) is 0 Å². The number of aromatic nitrogens is 1. The van der Waals surface area contributed by atoms with Crippen molar-refractivity contribution >= 4 is 22.5 Å². The van der Waals surface area contributed by atoms with Crippen molar-refractivity contribution < 1.29 is 14.3 Å². The molecule has 1 amide bonds. The van der Waals surface area contributed by atoms with E-state index in [1.807, 2.05) is 44.2 Å². The fourth-order valence-corrected chi connectivity index (χ4v) is 2.63. The predicted molar refractivity (Wildman–Crippen MR) is 98.3 cm³/mol. The topological polar surface area (TPSA) is 60.5 Å². The third-order valence-electron chi connectivity index (χ3n) is 4.14. The van der Waals surface area contributed by atoms with E-state index in [4.69, 9.17) is 9.47 Å². The SMILES string of the molecule is COc1ccc(NC(=O)COc2cccc(C)c2C)c2cccnc12. The van der Waals surface area contributed by atoms with E-state index in [0.29, 0.717) is 17.0 Å². The second-order valence-corrected chi connectivity index (χ2v) is 5.75. The number of methoxy groups -OCH3 is 1. The molecule has 5 heteroatoms. The van der Waals surface area contributed by atoms with Gasteiger partial charge >= 0.3 is 0 Å². The summed E-state index contributed by atoms with van der Waals surface area (Å²) < 4.78 is 11.0. The second kappa shape index (κ2) is 7.21. The van der Waals surface area contributed by atoms with Gasteiger partial charge in [0.25, 0.3) is 5.91 Å². The third-order valence-corrected chi connectivity index (χ3v) is 4.14. The van der Waals surface area contributed by atoms with Gasteiger partial charge in [0, 0.05) is 11.6 Å². The first-order valence-corrected chi connectivity index (χ1v) is 8.00. The highest BCUT2D eigenvalue weighted by Gasteiger charge is 2.11. The quantitative estimate of drug-likeness (QED) is 0.768. The van der Waals surface area contributed by atoms with E-state index in [9.17, 15) is 4.79 Å². The van der Waals surface area contributed by atoms with Gasteiger partial charge in [-0.1, -0.05) is 12.1 Å². The van der Waals surface area contributed by atoms with Crippen LogP contribution < -0.4 is 14.8 Å². The lowest BCUT2D eigenvalue weighted by Gasteiger charge is -2.13. The van der Waals surface area contributed by atoms with Crippen molar-refractivity contribution in [2.24, 2.45) is 0 Å². The molecule has 0 aliphatic heterocycles. The first-order valence-electron chi connectivity index (χ1n) is 8.00. The number of ether oxygens (including phenoxy) is 2. The van der Waals surface area contributed by atoms with Gasteiger partial charge < -0.3 is 14.8 Å². The molecule has 128 valence electrons. The van der Waals surface area contributed by atoms with Crippen LogP contribution in [0.4, 0.5) is 5.69 Å². The molecule has 0 aliphatic rings. The standard InChI is InChI=1S/C20H20N2O3/c1-13-6-4-8-17(14(13)2)25-12-19(23)22-16-9-10-18(24-3)20-15(16)7-5-11-21-20/h4-11H,12H2,1-3H3,(H,22,23). The van der Waals surface area contributed by atoms with Crippen molar-refractivity contribution in [3.63, 3.8) is 0 Å². The largest absolute Gasteiger partial charge is 0.494 e. The number of amides is 1. The highest BCUT2D eigenvalue weighted by atomic mass is 16.5. The summed E-state index contributed by atoms with van der Waals surface area (Å²) in [6.45, 7) is 3.93. The van der Waals surface area contributed by atoms with Crippen molar-refractivity contribution in [2.45, 2.75) is 13.8 Å². The molecule has 0 atom stereocenters. The van der Waals surface area contributed by atoms with E-state index in [1.54, 1.807) is 25.4 Å². The van der Waals surface area contributed by atoms with Gasteiger partial charge in [-0.05, 0) is 55.3 Å². The predicted octanol–water partition coefficient (Wildman–Crippen LogP) is 3.88. The number of fused-ring (bicyclic) bond motifs is 1. The Kier molecular flexibility index (Phi) is 4.84. The summed E-state index contributed by atoms with van der Waals surface area (Å²) in [5, 5.41) is 3.70. The number of benzene rings is 2. The van der Waals surface area contributed by atoms with Gasteiger partial charge in [-0.3, -0.25) is 9.78 Å². The number of carbonyl (C=O) groups is 1. The molecule has 0 spiro atoms. The number of hydrogen-bond donors (Lipinski definition) is 1. The maximum atomic E-state index is 12.3. The zero-order valence-electron chi connectivity index (χ0n) is 14.5. The average molecular weight is 336 g/mol. The molecule has 3 rings (SSSR count). The second-order valence-electron chi connectivity index (χ2n) is 5.75. The number of pyridine rings is 1. The summed E-state index contributed by atoms with van der Waals surface area (Å²) in [6, 6.07) is 13.1. The third kappa shape index (κ3) is 3.55. The molecule has 2 aromatic carbocycles. The van der Waals surface area contributed by atoms with Crippen LogP contribution in [-0.2, 0) is 4.79 Å². The van der Waals surface area contributed by atoms with Crippen molar-refractivity contribution in [3.8, 4) is 11.5 Å². The van der Waals surface area contributed by atoms with Crippen LogP contribution in [0, 0.1) is 13.8 Å². The average Bonchev–Trinajstić information content (AvgIpc) is 2.63. The smallest absolute Gasteiger partial charge is 0.262 e. The summed E-state index contributed by atoms with van der Waals surface area (Å²) in [5.74, 6) is 1.16. The Hall–Kier alpha value is -3.08. The Balaban J connectivity index is 1.75. The van der Waals surface area contributed by atoms with E-state index in [0.717, 1.165) is 22.3 Å². The van der Waals surface area contributed by atoms with E-state index in [2.05, 4.69) is 10.3 Å². The van der Waals surface area contributed by atoms with Gasteiger partial charge in [0.2, 0.25) is 0 Å². The van der Waals surface area contributed by atoms with E-state index in [1.165, 1.54) is 0 Å². The molecule has 1 N–H and O–H groups in total. The summed E-state index contributed by atoms with van der Waals surface area (Å²) in [5.41, 5.74) is 3.55. The molecule has 0 unspecified atom stereocenters. The minimum absolute atomic E-state index is 0.0575. The molecule has 3 aromatic rings. The lowest BCUT2D eigenvalue weighted by Crippen LogP contribution is -2.20. The molecule has 0 saturated carbocycles. The monoisotopic (exact) mass is 336 g/mol. The van der Waals surface area contributed by atoms with Crippen LogP contribution in [0.5, 0.6) is 11.5 Å². The van der Waals surface area contributed by atoms with E-state index < -0.39 is 0 Å². The molecule has 0 fully saturated rings. The molecule has 0 aliphatic carbocycles. The number of carbonyl (C=O) groups excluding carboxylic acids is 1. The highest BCUT2D eigenvalue weighted by molar-refractivity contribution is 6.03. The van der Waals surface area contributed by atoms with Crippen LogP contribution in [0.2, 0.25) is 0 Å². The van der Waals surface area contributed by atoms with Crippen LogP contribution >= 0.6 is 0 Å². The summed E-state index contributed by atoms with van der Waals surface area (Å²) in [6.07, 6.45) is 1.69. The zero-order chi connectivity index (χ0) is 17.8. The molecular weight excluding hydrogens is 316 g/mol. The number of rotatable bonds is 5. The van der Waals surface area contributed by atoms with Gasteiger partial charge in [0.05, 0.1) is 12.8 Å². The number of anilines is 1. The molecule has 0 bridgehead atoms. The highest BCUT2D eigenvalue weighted by Crippen LogP contribution is 2.29. The Morgan fingerprint density at radius 1 is 1.08 bits per heavy atom. The van der Waals surface area contributed by atoms with Gasteiger partial charge in [0.15, 0.2) is 6.61 Å². The van der Waals surface area contributed by atoms with E-state index >= 15 is 0 Å². The number of nitrogens with zero attached hydrogens (tertiary/aromatic N) is 1. The molecule has 0 saturated heterocycles. The van der Waals surface area contributed by atoms with E-state index in [-0.39, 0.29) is 12.5 Å². The van der Waals surface area contributed by atoms with Crippen LogP contribution in [0.1, 0.15) is 11.1 Å². The van der Waals surface area contributed by atoms with Gasteiger partial charge in [-0.25, -0.2) is 0 Å². The maximum Gasteiger partial charge on any atom is 0.262 e. The Labute approximate surface area is 146 Å². The summed E-state index contributed by atoms with van der Waals surface area (Å²) in [4.78, 5) is 16.6. The minimum Gasteiger partial charge on any atom is -0.494 e. The Morgan fingerprint density at radius 3 is 2.72 bits per heavy atom. The number of hydrogen-bond acceptors (Lipinski definition) is 4.